The summed E-state index contributed by atoms with van der Waals surface area (Å²) in [6.45, 7) is 0.183. The average molecular weight is 334 g/mol. The Morgan fingerprint density at radius 1 is 1.04 bits per heavy atom. The van der Waals surface area contributed by atoms with Gasteiger partial charge < -0.3 is 10.8 Å². The maximum atomic E-state index is 12.8. The van der Waals surface area contributed by atoms with Crippen molar-refractivity contribution in [1.82, 2.24) is 0 Å². The molecule has 0 saturated heterocycles. The molecule has 6 nitrogen and oxygen atoms in total. The van der Waals surface area contributed by atoms with E-state index in [1.807, 2.05) is 0 Å². The van der Waals surface area contributed by atoms with Gasteiger partial charge in [-0.1, -0.05) is 30.3 Å². The Morgan fingerprint density at radius 3 is 2.17 bits per heavy atom. The van der Waals surface area contributed by atoms with Crippen molar-refractivity contribution in [3.05, 3.63) is 60.2 Å². The van der Waals surface area contributed by atoms with Crippen LogP contribution in [0.4, 0.5) is 5.69 Å². The fraction of sp³-hybridized carbons (Fsp3) is 0.188. The molecule has 0 atom stereocenters. The van der Waals surface area contributed by atoms with Crippen LogP contribution in [0.3, 0.4) is 0 Å². The average Bonchev–Trinajstić information content (AvgIpc) is 2.55. The molecule has 0 unspecified atom stereocenters. The fourth-order valence-corrected chi connectivity index (χ4v) is 3.57. The lowest BCUT2D eigenvalue weighted by atomic mass is 10.2. The predicted octanol–water partition coefficient (Wildman–Crippen LogP) is 1.82. The van der Waals surface area contributed by atoms with Gasteiger partial charge in [0.2, 0.25) is 0 Å². The van der Waals surface area contributed by atoms with E-state index in [0.717, 1.165) is 9.87 Å². The van der Waals surface area contributed by atoms with Crippen LogP contribution in [0.1, 0.15) is 12.0 Å². The number of benzene rings is 2. The molecule has 0 fully saturated rings. The molecule has 0 radical (unpaired) electrons. The van der Waals surface area contributed by atoms with E-state index in [1.165, 1.54) is 12.1 Å². The lowest BCUT2D eigenvalue weighted by Gasteiger charge is -2.24. The number of carbonyl (C=O) groups is 1. The molecule has 2 aromatic carbocycles. The monoisotopic (exact) mass is 334 g/mol. The topological polar surface area (TPSA) is 101 Å². The Bertz CT molecular complexity index is 758. The molecule has 0 bridgehead atoms. The first-order valence-electron chi connectivity index (χ1n) is 7.04. The largest absolute Gasteiger partial charge is 0.481 e. The zero-order valence-corrected chi connectivity index (χ0v) is 13.2. The van der Waals surface area contributed by atoms with Gasteiger partial charge in [-0.2, -0.15) is 0 Å². The maximum Gasteiger partial charge on any atom is 0.305 e. The van der Waals surface area contributed by atoms with E-state index in [1.54, 1.807) is 42.5 Å². The van der Waals surface area contributed by atoms with Crippen molar-refractivity contribution < 1.29 is 18.3 Å². The standard InChI is InChI=1S/C16H18N2O4S/c17-12-13-6-8-15(9-7-13)23(21,22)18(11-10-16(19)20)14-4-2-1-3-5-14/h1-9H,10-12,17H2,(H,19,20). The molecule has 0 aliphatic rings. The van der Waals surface area contributed by atoms with E-state index in [0.29, 0.717) is 12.2 Å². The van der Waals surface area contributed by atoms with Crippen LogP contribution < -0.4 is 10.0 Å². The minimum absolute atomic E-state index is 0.101. The lowest BCUT2D eigenvalue weighted by molar-refractivity contribution is -0.136. The minimum Gasteiger partial charge on any atom is -0.481 e. The second kappa shape index (κ2) is 7.26. The summed E-state index contributed by atoms with van der Waals surface area (Å²) in [7, 11) is -3.85. The molecule has 0 amide bonds. The molecule has 3 N–H and O–H groups in total. The van der Waals surface area contributed by atoms with Gasteiger partial charge in [-0.05, 0) is 29.8 Å². The Morgan fingerprint density at radius 2 is 1.65 bits per heavy atom. The third kappa shape index (κ3) is 4.08. The van der Waals surface area contributed by atoms with Gasteiger partial charge in [0.25, 0.3) is 10.0 Å². The first-order chi connectivity index (χ1) is 10.9. The summed E-state index contributed by atoms with van der Waals surface area (Å²) in [5, 5.41) is 8.88. The van der Waals surface area contributed by atoms with E-state index < -0.39 is 16.0 Å². The van der Waals surface area contributed by atoms with Gasteiger partial charge in [0, 0.05) is 13.1 Å². The number of carboxylic acid groups (broad SMARTS) is 1. The summed E-state index contributed by atoms with van der Waals surface area (Å²) in [6.07, 6.45) is -0.283. The normalized spacial score (nSPS) is 11.2. The van der Waals surface area contributed by atoms with Gasteiger partial charge in [0.05, 0.1) is 17.0 Å². The van der Waals surface area contributed by atoms with E-state index in [9.17, 15) is 13.2 Å². The SMILES string of the molecule is NCc1ccc(S(=O)(=O)N(CCC(=O)O)c2ccccc2)cc1. The first-order valence-corrected chi connectivity index (χ1v) is 8.48. The summed E-state index contributed by atoms with van der Waals surface area (Å²) < 4.78 is 26.8. The number of aliphatic carboxylic acids is 1. The van der Waals surface area contributed by atoms with E-state index in [-0.39, 0.29) is 17.9 Å². The number of nitrogens with two attached hydrogens (primary N) is 1. The summed E-state index contributed by atoms with van der Waals surface area (Å²) >= 11 is 0. The molecule has 0 aliphatic carbocycles. The number of sulfonamides is 1. The van der Waals surface area contributed by atoms with Crippen LogP contribution in [0.25, 0.3) is 0 Å². The van der Waals surface area contributed by atoms with Gasteiger partial charge in [0.15, 0.2) is 0 Å². The molecule has 7 heteroatoms. The molecule has 2 aromatic rings. The Kier molecular flexibility index (Phi) is 5.36. The van der Waals surface area contributed by atoms with Gasteiger partial charge >= 0.3 is 5.97 Å². The number of carboxylic acids is 1. The summed E-state index contributed by atoms with van der Waals surface area (Å²) in [4.78, 5) is 10.9. The number of hydrogen-bond acceptors (Lipinski definition) is 4. The van der Waals surface area contributed by atoms with E-state index in [2.05, 4.69) is 0 Å². The van der Waals surface area contributed by atoms with Crippen LogP contribution in [-0.4, -0.2) is 26.0 Å². The fourth-order valence-electron chi connectivity index (χ4n) is 2.10. The highest BCUT2D eigenvalue weighted by Gasteiger charge is 2.25. The van der Waals surface area contributed by atoms with Crippen LogP contribution >= 0.6 is 0 Å². The molecular formula is C16H18N2O4S. The van der Waals surface area contributed by atoms with Crippen molar-refractivity contribution in [2.45, 2.75) is 17.9 Å². The van der Waals surface area contributed by atoms with Gasteiger partial charge in [-0.25, -0.2) is 8.42 Å². The second-order valence-corrected chi connectivity index (χ2v) is 6.77. The third-order valence-corrected chi connectivity index (χ3v) is 5.16. The highest BCUT2D eigenvalue weighted by Crippen LogP contribution is 2.24. The zero-order valence-electron chi connectivity index (χ0n) is 12.4. The molecule has 0 aromatic heterocycles. The predicted molar refractivity (Wildman–Crippen MR) is 87.6 cm³/mol. The van der Waals surface area contributed by atoms with Crippen molar-refractivity contribution >= 4 is 21.7 Å². The third-order valence-electron chi connectivity index (χ3n) is 3.32. The van der Waals surface area contributed by atoms with Crippen LogP contribution in [0.15, 0.2) is 59.5 Å². The number of hydrogen-bond donors (Lipinski definition) is 2. The molecule has 0 saturated carbocycles. The summed E-state index contributed by atoms with van der Waals surface area (Å²) in [6, 6.07) is 14.7. The lowest BCUT2D eigenvalue weighted by Crippen LogP contribution is -2.33. The first kappa shape index (κ1) is 17.0. The van der Waals surface area contributed by atoms with Crippen LogP contribution in [0.5, 0.6) is 0 Å². The number of para-hydroxylation sites is 1. The second-order valence-electron chi connectivity index (χ2n) is 4.90. The summed E-state index contributed by atoms with van der Waals surface area (Å²) in [5.41, 5.74) is 6.76. The molecule has 0 heterocycles. The Labute approximate surface area is 135 Å². The molecular weight excluding hydrogens is 316 g/mol. The van der Waals surface area contributed by atoms with Crippen molar-refractivity contribution in [1.29, 1.82) is 0 Å². The van der Waals surface area contributed by atoms with Gasteiger partial charge in [-0.15, -0.1) is 0 Å². The zero-order chi connectivity index (χ0) is 16.9. The number of nitrogens with zero attached hydrogens (tertiary/aromatic N) is 1. The Balaban J connectivity index is 2.41. The molecule has 0 aliphatic heterocycles. The van der Waals surface area contributed by atoms with E-state index >= 15 is 0 Å². The van der Waals surface area contributed by atoms with Gasteiger partial charge in [-0.3, -0.25) is 9.10 Å². The molecule has 2 rings (SSSR count). The van der Waals surface area contributed by atoms with Crippen molar-refractivity contribution in [2.24, 2.45) is 5.73 Å². The van der Waals surface area contributed by atoms with Gasteiger partial charge in [0.1, 0.15) is 0 Å². The maximum absolute atomic E-state index is 12.8. The number of anilines is 1. The quantitative estimate of drug-likeness (QED) is 0.804. The highest BCUT2D eigenvalue weighted by molar-refractivity contribution is 7.92. The molecule has 0 spiro atoms. The summed E-state index contributed by atoms with van der Waals surface area (Å²) in [5.74, 6) is -1.06. The Hall–Kier alpha value is -2.38. The minimum atomic E-state index is -3.85. The van der Waals surface area contributed by atoms with E-state index in [4.69, 9.17) is 10.8 Å². The smallest absolute Gasteiger partial charge is 0.305 e. The number of rotatable bonds is 7. The molecule has 23 heavy (non-hydrogen) atoms. The highest BCUT2D eigenvalue weighted by atomic mass is 32.2. The van der Waals surface area contributed by atoms with Crippen LogP contribution in [-0.2, 0) is 21.4 Å². The van der Waals surface area contributed by atoms with Crippen LogP contribution in [0, 0.1) is 0 Å². The van der Waals surface area contributed by atoms with Crippen molar-refractivity contribution in [3.63, 3.8) is 0 Å². The van der Waals surface area contributed by atoms with Crippen LogP contribution in [0.2, 0.25) is 0 Å². The van der Waals surface area contributed by atoms with Crippen molar-refractivity contribution in [2.75, 3.05) is 10.8 Å². The van der Waals surface area contributed by atoms with Crippen molar-refractivity contribution in [3.8, 4) is 0 Å². The molecule has 122 valence electrons.